The maximum absolute atomic E-state index is 11.1. The Morgan fingerprint density at radius 3 is 2.59 bits per heavy atom. The van der Waals surface area contributed by atoms with E-state index >= 15 is 0 Å². The second-order valence-electron chi connectivity index (χ2n) is 4.35. The van der Waals surface area contributed by atoms with Crippen molar-refractivity contribution in [2.24, 2.45) is 11.8 Å². The average Bonchev–Trinajstić information content (AvgIpc) is 2.30. The van der Waals surface area contributed by atoms with Crippen molar-refractivity contribution in [1.29, 1.82) is 0 Å². The van der Waals surface area contributed by atoms with E-state index < -0.39 is 11.9 Å². The third kappa shape index (κ3) is 4.36. The minimum Gasteiger partial charge on any atom is -0.481 e. The van der Waals surface area contributed by atoms with Crippen LogP contribution in [0.2, 0.25) is 5.02 Å². The minimum atomic E-state index is -0.842. The molecular formula is C13H17ClO3. The highest BCUT2D eigenvalue weighted by Crippen LogP contribution is 2.22. The first-order valence-corrected chi connectivity index (χ1v) is 5.99. The van der Waals surface area contributed by atoms with Crippen LogP contribution in [0.4, 0.5) is 0 Å². The van der Waals surface area contributed by atoms with E-state index in [-0.39, 0.29) is 12.5 Å². The summed E-state index contributed by atoms with van der Waals surface area (Å²) in [5, 5.41) is 18.7. The van der Waals surface area contributed by atoms with Gasteiger partial charge < -0.3 is 10.2 Å². The highest BCUT2D eigenvalue weighted by atomic mass is 35.5. The molecule has 2 N–H and O–H groups in total. The van der Waals surface area contributed by atoms with Crippen LogP contribution >= 0.6 is 11.6 Å². The van der Waals surface area contributed by atoms with Crippen molar-refractivity contribution in [2.75, 3.05) is 6.61 Å². The van der Waals surface area contributed by atoms with E-state index in [1.165, 1.54) is 0 Å². The summed E-state index contributed by atoms with van der Waals surface area (Å²) < 4.78 is 0. The second-order valence-corrected chi connectivity index (χ2v) is 4.76. The second kappa shape index (κ2) is 6.62. The number of halogens is 1. The Hall–Kier alpha value is -1.06. The number of aliphatic carboxylic acids is 1. The van der Waals surface area contributed by atoms with E-state index in [0.29, 0.717) is 17.9 Å². The highest BCUT2D eigenvalue weighted by Gasteiger charge is 2.21. The van der Waals surface area contributed by atoms with Crippen LogP contribution in [-0.4, -0.2) is 22.8 Å². The molecule has 4 heteroatoms. The lowest BCUT2D eigenvalue weighted by atomic mass is 9.90. The van der Waals surface area contributed by atoms with Gasteiger partial charge in [-0.2, -0.15) is 0 Å². The standard InChI is InChI=1S/C13H17ClO3/c1-9(8-15)6-11(13(16)17)7-10-4-2-3-5-12(10)14/h2-5,9,11,15H,6-8H2,1H3,(H,16,17). The zero-order valence-corrected chi connectivity index (χ0v) is 10.5. The number of carboxylic acids is 1. The van der Waals surface area contributed by atoms with Crippen molar-refractivity contribution in [1.82, 2.24) is 0 Å². The largest absolute Gasteiger partial charge is 0.481 e. The van der Waals surface area contributed by atoms with Gasteiger partial charge in [0.05, 0.1) is 5.92 Å². The van der Waals surface area contributed by atoms with Crippen LogP contribution in [0.15, 0.2) is 24.3 Å². The lowest BCUT2D eigenvalue weighted by molar-refractivity contribution is -0.142. The molecule has 0 aliphatic carbocycles. The summed E-state index contributed by atoms with van der Waals surface area (Å²) in [6, 6.07) is 7.25. The topological polar surface area (TPSA) is 57.5 Å². The van der Waals surface area contributed by atoms with Crippen LogP contribution in [0.3, 0.4) is 0 Å². The first kappa shape index (κ1) is 14.0. The number of rotatable bonds is 6. The molecule has 94 valence electrons. The summed E-state index contributed by atoms with van der Waals surface area (Å²) in [6.45, 7) is 1.84. The van der Waals surface area contributed by atoms with Gasteiger partial charge in [-0.15, -0.1) is 0 Å². The molecule has 1 aromatic carbocycles. The van der Waals surface area contributed by atoms with Crippen LogP contribution < -0.4 is 0 Å². The van der Waals surface area contributed by atoms with Crippen molar-refractivity contribution in [3.05, 3.63) is 34.9 Å². The maximum Gasteiger partial charge on any atom is 0.306 e. The molecule has 1 rings (SSSR count). The first-order chi connectivity index (χ1) is 8.04. The molecule has 0 bridgehead atoms. The molecule has 1 aromatic rings. The Bertz CT molecular complexity index is 379. The zero-order chi connectivity index (χ0) is 12.8. The highest BCUT2D eigenvalue weighted by molar-refractivity contribution is 6.31. The minimum absolute atomic E-state index is 0.00625. The fourth-order valence-corrected chi connectivity index (χ4v) is 1.97. The zero-order valence-electron chi connectivity index (χ0n) is 9.77. The molecule has 0 aliphatic rings. The van der Waals surface area contributed by atoms with Gasteiger partial charge in [-0.25, -0.2) is 0 Å². The Morgan fingerprint density at radius 2 is 2.06 bits per heavy atom. The van der Waals surface area contributed by atoms with E-state index in [1.807, 2.05) is 25.1 Å². The summed E-state index contributed by atoms with van der Waals surface area (Å²) >= 11 is 6.00. The molecule has 0 spiro atoms. The summed E-state index contributed by atoms with van der Waals surface area (Å²) in [4.78, 5) is 11.1. The number of carbonyl (C=O) groups is 1. The van der Waals surface area contributed by atoms with E-state index in [2.05, 4.69) is 0 Å². The summed E-state index contributed by atoms with van der Waals surface area (Å²) in [5.41, 5.74) is 0.840. The quantitative estimate of drug-likeness (QED) is 0.823. The van der Waals surface area contributed by atoms with Gasteiger partial charge in [0, 0.05) is 11.6 Å². The SMILES string of the molecule is CC(CO)CC(Cc1ccccc1Cl)C(=O)O. The van der Waals surface area contributed by atoms with Crippen molar-refractivity contribution in [3.63, 3.8) is 0 Å². The van der Waals surface area contributed by atoms with Gasteiger partial charge in [-0.1, -0.05) is 36.7 Å². The van der Waals surface area contributed by atoms with Crippen molar-refractivity contribution < 1.29 is 15.0 Å². The van der Waals surface area contributed by atoms with Gasteiger partial charge >= 0.3 is 5.97 Å². The number of aliphatic hydroxyl groups is 1. The van der Waals surface area contributed by atoms with Crippen LogP contribution in [0.25, 0.3) is 0 Å². The Kier molecular flexibility index (Phi) is 5.45. The summed E-state index contributed by atoms with van der Waals surface area (Å²) in [6.07, 6.45) is 0.858. The maximum atomic E-state index is 11.1. The van der Waals surface area contributed by atoms with Gasteiger partial charge in [-0.05, 0) is 30.4 Å². The van der Waals surface area contributed by atoms with Crippen molar-refractivity contribution in [2.45, 2.75) is 19.8 Å². The summed E-state index contributed by atoms with van der Waals surface area (Å²) in [7, 11) is 0. The van der Waals surface area contributed by atoms with E-state index in [4.69, 9.17) is 21.8 Å². The van der Waals surface area contributed by atoms with Gasteiger partial charge in [0.25, 0.3) is 0 Å². The molecule has 0 amide bonds. The Morgan fingerprint density at radius 1 is 1.41 bits per heavy atom. The molecule has 0 aliphatic heterocycles. The molecular weight excluding hydrogens is 240 g/mol. The number of carboxylic acid groups (broad SMARTS) is 1. The molecule has 0 aromatic heterocycles. The molecule has 0 saturated heterocycles. The van der Waals surface area contributed by atoms with Gasteiger partial charge in [0.2, 0.25) is 0 Å². The number of hydrogen-bond donors (Lipinski definition) is 2. The number of hydrogen-bond acceptors (Lipinski definition) is 2. The molecule has 0 fully saturated rings. The van der Waals surface area contributed by atoms with E-state index in [1.54, 1.807) is 6.07 Å². The Balaban J connectivity index is 2.74. The van der Waals surface area contributed by atoms with Crippen LogP contribution in [-0.2, 0) is 11.2 Å². The molecule has 0 radical (unpaired) electrons. The van der Waals surface area contributed by atoms with Crippen LogP contribution in [0, 0.1) is 11.8 Å². The Labute approximate surface area is 106 Å². The molecule has 17 heavy (non-hydrogen) atoms. The summed E-state index contributed by atoms with van der Waals surface area (Å²) in [5.74, 6) is -1.36. The third-order valence-corrected chi connectivity index (χ3v) is 3.14. The first-order valence-electron chi connectivity index (χ1n) is 5.61. The van der Waals surface area contributed by atoms with Gasteiger partial charge in [0.15, 0.2) is 0 Å². The normalized spacial score (nSPS) is 14.3. The molecule has 3 nitrogen and oxygen atoms in total. The molecule has 0 heterocycles. The number of benzene rings is 1. The average molecular weight is 257 g/mol. The van der Waals surface area contributed by atoms with Crippen molar-refractivity contribution in [3.8, 4) is 0 Å². The number of aliphatic hydroxyl groups excluding tert-OH is 1. The van der Waals surface area contributed by atoms with Gasteiger partial charge in [0.1, 0.15) is 0 Å². The molecule has 0 saturated carbocycles. The van der Waals surface area contributed by atoms with Crippen molar-refractivity contribution >= 4 is 17.6 Å². The van der Waals surface area contributed by atoms with E-state index in [0.717, 1.165) is 5.56 Å². The third-order valence-electron chi connectivity index (χ3n) is 2.77. The predicted octanol–water partition coefficient (Wildman–Crippen LogP) is 2.60. The molecule has 2 unspecified atom stereocenters. The fraction of sp³-hybridized carbons (Fsp3) is 0.462. The van der Waals surface area contributed by atoms with Crippen LogP contribution in [0.5, 0.6) is 0 Å². The predicted molar refractivity (Wildman–Crippen MR) is 67.1 cm³/mol. The smallest absolute Gasteiger partial charge is 0.306 e. The van der Waals surface area contributed by atoms with E-state index in [9.17, 15) is 4.79 Å². The molecule has 2 atom stereocenters. The monoisotopic (exact) mass is 256 g/mol. The lowest BCUT2D eigenvalue weighted by Gasteiger charge is -2.16. The fourth-order valence-electron chi connectivity index (χ4n) is 1.76. The lowest BCUT2D eigenvalue weighted by Crippen LogP contribution is -2.20. The van der Waals surface area contributed by atoms with Crippen LogP contribution in [0.1, 0.15) is 18.9 Å². The van der Waals surface area contributed by atoms with Gasteiger partial charge in [-0.3, -0.25) is 4.79 Å².